The zero-order valence-electron chi connectivity index (χ0n) is 11.7. The fourth-order valence-electron chi connectivity index (χ4n) is 2.75. The van der Waals surface area contributed by atoms with Gasteiger partial charge in [0.05, 0.1) is 12.0 Å². The van der Waals surface area contributed by atoms with Crippen LogP contribution in [0.3, 0.4) is 0 Å². The summed E-state index contributed by atoms with van der Waals surface area (Å²) in [4.78, 5) is 17.0. The highest BCUT2D eigenvalue weighted by Gasteiger charge is 2.20. The van der Waals surface area contributed by atoms with E-state index in [4.69, 9.17) is 0 Å². The van der Waals surface area contributed by atoms with Crippen LogP contribution in [0.2, 0.25) is 0 Å². The largest absolute Gasteiger partial charge is 0.315 e. The van der Waals surface area contributed by atoms with Gasteiger partial charge in [0.2, 0.25) is 0 Å². The number of hydrogen-bond acceptors (Lipinski definition) is 3. The van der Waals surface area contributed by atoms with Crippen LogP contribution in [0.4, 0.5) is 0 Å². The summed E-state index contributed by atoms with van der Waals surface area (Å²) in [5, 5.41) is 3.23. The molecule has 20 heavy (non-hydrogen) atoms. The van der Waals surface area contributed by atoms with Crippen LogP contribution >= 0.6 is 0 Å². The van der Waals surface area contributed by atoms with Crippen LogP contribution in [0, 0.1) is 0 Å². The molecule has 104 valence electrons. The van der Waals surface area contributed by atoms with Crippen LogP contribution < -0.4 is 10.9 Å². The second-order valence-corrected chi connectivity index (χ2v) is 5.08. The molecule has 1 aromatic heterocycles. The quantitative estimate of drug-likeness (QED) is 0.858. The Balaban J connectivity index is 1.99. The van der Waals surface area contributed by atoms with Crippen LogP contribution in [0.1, 0.15) is 18.1 Å². The van der Waals surface area contributed by atoms with Crippen molar-refractivity contribution in [3.05, 3.63) is 52.1 Å². The summed E-state index contributed by atoms with van der Waals surface area (Å²) in [7, 11) is 0. The smallest absolute Gasteiger partial charge is 0.257 e. The molecule has 0 unspecified atom stereocenters. The maximum Gasteiger partial charge on any atom is 0.257 e. The summed E-state index contributed by atoms with van der Waals surface area (Å²) >= 11 is 0. The highest BCUT2D eigenvalue weighted by Crippen LogP contribution is 2.29. The van der Waals surface area contributed by atoms with E-state index in [9.17, 15) is 4.79 Å². The molecular formula is C16H19N3O. The Morgan fingerprint density at radius 2 is 2.15 bits per heavy atom. The molecule has 0 fully saturated rings. The lowest BCUT2D eigenvalue weighted by Crippen LogP contribution is -2.31. The van der Waals surface area contributed by atoms with E-state index in [1.165, 1.54) is 5.56 Å². The molecule has 1 heterocycles. The van der Waals surface area contributed by atoms with E-state index in [0.717, 1.165) is 42.8 Å². The Bertz CT molecular complexity index is 676. The molecule has 1 aliphatic rings. The molecule has 0 atom stereocenters. The molecule has 0 spiro atoms. The summed E-state index contributed by atoms with van der Waals surface area (Å²) in [6, 6.07) is 8.23. The van der Waals surface area contributed by atoms with Crippen molar-refractivity contribution < 1.29 is 0 Å². The second-order valence-electron chi connectivity index (χ2n) is 5.08. The summed E-state index contributed by atoms with van der Waals surface area (Å²) in [5.74, 6) is 0. The van der Waals surface area contributed by atoms with E-state index < -0.39 is 0 Å². The molecular weight excluding hydrogens is 250 g/mol. The SMILES string of the molecule is CCNCCn1cnc2c(c1=O)CCc1ccccc1-2. The van der Waals surface area contributed by atoms with Gasteiger partial charge in [-0.25, -0.2) is 4.98 Å². The third-order valence-corrected chi connectivity index (χ3v) is 3.83. The van der Waals surface area contributed by atoms with Crippen LogP contribution in [0.25, 0.3) is 11.3 Å². The van der Waals surface area contributed by atoms with Gasteiger partial charge in [0.1, 0.15) is 0 Å². The summed E-state index contributed by atoms with van der Waals surface area (Å²) in [6.07, 6.45) is 3.40. The van der Waals surface area contributed by atoms with Crippen molar-refractivity contribution in [3.8, 4) is 11.3 Å². The van der Waals surface area contributed by atoms with Crippen LogP contribution in [0.5, 0.6) is 0 Å². The monoisotopic (exact) mass is 269 g/mol. The van der Waals surface area contributed by atoms with Crippen molar-refractivity contribution in [1.82, 2.24) is 14.9 Å². The molecule has 0 saturated heterocycles. The topological polar surface area (TPSA) is 46.9 Å². The van der Waals surface area contributed by atoms with Gasteiger partial charge in [0.15, 0.2) is 0 Å². The van der Waals surface area contributed by atoms with Gasteiger partial charge >= 0.3 is 0 Å². The van der Waals surface area contributed by atoms with Crippen LogP contribution in [-0.2, 0) is 19.4 Å². The maximum absolute atomic E-state index is 12.5. The molecule has 2 aromatic rings. The van der Waals surface area contributed by atoms with Gasteiger partial charge in [-0.15, -0.1) is 0 Å². The zero-order valence-corrected chi connectivity index (χ0v) is 11.7. The molecule has 3 rings (SSSR count). The van der Waals surface area contributed by atoms with Gasteiger partial charge in [-0.2, -0.15) is 0 Å². The van der Waals surface area contributed by atoms with Crippen LogP contribution in [-0.4, -0.2) is 22.6 Å². The van der Waals surface area contributed by atoms with Gasteiger partial charge in [-0.05, 0) is 24.9 Å². The molecule has 0 saturated carbocycles. The van der Waals surface area contributed by atoms with Crippen molar-refractivity contribution in [2.75, 3.05) is 13.1 Å². The molecule has 4 heteroatoms. The van der Waals surface area contributed by atoms with E-state index >= 15 is 0 Å². The van der Waals surface area contributed by atoms with Gasteiger partial charge in [0, 0.05) is 24.2 Å². The lowest BCUT2D eigenvalue weighted by atomic mass is 9.90. The van der Waals surface area contributed by atoms with Gasteiger partial charge in [-0.3, -0.25) is 9.36 Å². The first-order chi connectivity index (χ1) is 9.81. The summed E-state index contributed by atoms with van der Waals surface area (Å²) in [5.41, 5.74) is 4.25. The van der Waals surface area contributed by atoms with Crippen molar-refractivity contribution in [1.29, 1.82) is 0 Å². The van der Waals surface area contributed by atoms with Gasteiger partial charge < -0.3 is 5.32 Å². The minimum Gasteiger partial charge on any atom is -0.315 e. The van der Waals surface area contributed by atoms with Crippen LogP contribution in [0.15, 0.2) is 35.4 Å². The Morgan fingerprint density at radius 3 is 3.00 bits per heavy atom. The van der Waals surface area contributed by atoms with Crippen molar-refractivity contribution in [2.45, 2.75) is 26.3 Å². The van der Waals surface area contributed by atoms with Gasteiger partial charge in [-0.1, -0.05) is 31.2 Å². The number of nitrogens with zero attached hydrogens (tertiary/aromatic N) is 2. The summed E-state index contributed by atoms with van der Waals surface area (Å²) < 4.78 is 1.72. The summed E-state index contributed by atoms with van der Waals surface area (Å²) in [6.45, 7) is 4.45. The predicted molar refractivity (Wildman–Crippen MR) is 79.9 cm³/mol. The maximum atomic E-state index is 12.5. The molecule has 0 aliphatic heterocycles. The minimum absolute atomic E-state index is 0.113. The van der Waals surface area contributed by atoms with E-state index in [-0.39, 0.29) is 5.56 Å². The van der Waals surface area contributed by atoms with E-state index in [1.807, 2.05) is 12.1 Å². The van der Waals surface area contributed by atoms with Gasteiger partial charge in [0.25, 0.3) is 5.56 Å². The number of rotatable bonds is 4. The van der Waals surface area contributed by atoms with Crippen molar-refractivity contribution in [2.24, 2.45) is 0 Å². The fourth-order valence-corrected chi connectivity index (χ4v) is 2.75. The second kappa shape index (κ2) is 5.59. The number of hydrogen-bond donors (Lipinski definition) is 1. The normalized spacial score (nSPS) is 12.8. The Morgan fingerprint density at radius 1 is 1.30 bits per heavy atom. The molecule has 1 aliphatic carbocycles. The highest BCUT2D eigenvalue weighted by atomic mass is 16.1. The lowest BCUT2D eigenvalue weighted by Gasteiger charge is -2.19. The Hall–Kier alpha value is -1.94. The average molecular weight is 269 g/mol. The number of aromatic nitrogens is 2. The lowest BCUT2D eigenvalue weighted by molar-refractivity contribution is 0.586. The molecule has 1 N–H and O–H groups in total. The molecule has 0 bridgehead atoms. The number of likely N-dealkylation sites (N-methyl/N-ethyl adjacent to an activating group) is 1. The number of benzene rings is 1. The highest BCUT2D eigenvalue weighted by molar-refractivity contribution is 5.68. The molecule has 0 amide bonds. The third-order valence-electron chi connectivity index (χ3n) is 3.83. The number of aryl methyl sites for hydroxylation is 1. The molecule has 0 radical (unpaired) electrons. The van der Waals surface area contributed by atoms with E-state index in [0.29, 0.717) is 6.54 Å². The zero-order chi connectivity index (χ0) is 13.9. The Kier molecular flexibility index (Phi) is 3.65. The van der Waals surface area contributed by atoms with E-state index in [2.05, 4.69) is 29.4 Å². The number of nitrogens with one attached hydrogen (secondary N) is 1. The first-order valence-electron chi connectivity index (χ1n) is 7.18. The minimum atomic E-state index is 0.113. The standard InChI is InChI=1S/C16H19N3O/c1-2-17-9-10-19-11-18-15-13-6-4-3-5-12(13)7-8-14(15)16(19)20/h3-6,11,17H,2,7-10H2,1H3. The first kappa shape index (κ1) is 13.1. The number of fused-ring (bicyclic) bond motifs is 3. The predicted octanol–water partition coefficient (Wildman–Crippen LogP) is 1.62. The van der Waals surface area contributed by atoms with Crippen molar-refractivity contribution >= 4 is 0 Å². The first-order valence-corrected chi connectivity index (χ1v) is 7.18. The third kappa shape index (κ3) is 2.27. The van der Waals surface area contributed by atoms with Crippen molar-refractivity contribution in [3.63, 3.8) is 0 Å². The fraction of sp³-hybridized carbons (Fsp3) is 0.375. The average Bonchev–Trinajstić information content (AvgIpc) is 2.49. The Labute approximate surface area is 118 Å². The molecule has 4 nitrogen and oxygen atoms in total. The molecule has 1 aromatic carbocycles. The van der Waals surface area contributed by atoms with E-state index in [1.54, 1.807) is 10.9 Å².